The Kier molecular flexibility index (Phi) is 5.98. The molecule has 3 aromatic rings. The van der Waals surface area contributed by atoms with E-state index in [1.165, 1.54) is 25.1 Å². The second-order valence-electron chi connectivity index (χ2n) is 7.76. The maximum Gasteiger partial charge on any atom is 0.227 e. The fraction of sp³-hybridized carbons (Fsp3) is 0.261. The molecule has 166 valence electrons. The molecule has 0 aliphatic carbocycles. The van der Waals surface area contributed by atoms with Crippen molar-refractivity contribution in [2.45, 2.75) is 19.8 Å². The fourth-order valence-corrected chi connectivity index (χ4v) is 3.76. The van der Waals surface area contributed by atoms with Crippen molar-refractivity contribution in [3.63, 3.8) is 0 Å². The number of piperidine rings is 1. The zero-order chi connectivity index (χ0) is 22.8. The zero-order valence-corrected chi connectivity index (χ0v) is 17.3. The summed E-state index contributed by atoms with van der Waals surface area (Å²) in [6.45, 7) is 2.49. The highest BCUT2D eigenvalue weighted by atomic mass is 19.2. The van der Waals surface area contributed by atoms with E-state index in [1.54, 1.807) is 17.1 Å². The Labute approximate surface area is 182 Å². The molecule has 2 N–H and O–H groups in total. The number of carbonyl (C=O) groups is 2. The first kappa shape index (κ1) is 21.6. The summed E-state index contributed by atoms with van der Waals surface area (Å²) in [6, 6.07) is 6.24. The number of nitrogens with zero attached hydrogens (tertiary/aromatic N) is 2. The van der Waals surface area contributed by atoms with E-state index >= 15 is 0 Å². The molecular weight excluding hydrogens is 421 g/mol. The topological polar surface area (TPSA) is 78.1 Å². The van der Waals surface area contributed by atoms with E-state index in [1.807, 2.05) is 0 Å². The van der Waals surface area contributed by atoms with Crippen molar-refractivity contribution in [3.8, 4) is 0 Å². The molecule has 0 bridgehead atoms. The Morgan fingerprint density at radius 1 is 1.06 bits per heavy atom. The standard InChI is InChI=1S/C23H21F3N4O2/c1-13(31)30-8-6-15(7-9-30)23(32)27-22-11-16-20(28-29-21(16)12-19(22)26)5-3-14-2-4-17(24)18(25)10-14/h2-5,10-12,15H,6-9H2,1H3,(H,27,32)(H,28,29). The van der Waals surface area contributed by atoms with Gasteiger partial charge in [0.15, 0.2) is 11.6 Å². The number of benzene rings is 2. The molecule has 1 fully saturated rings. The summed E-state index contributed by atoms with van der Waals surface area (Å²) in [6.07, 6.45) is 4.18. The van der Waals surface area contributed by atoms with Crippen LogP contribution in [0, 0.1) is 23.4 Å². The van der Waals surface area contributed by atoms with Gasteiger partial charge in [-0.3, -0.25) is 14.7 Å². The van der Waals surface area contributed by atoms with Crippen LogP contribution in [0.5, 0.6) is 0 Å². The highest BCUT2D eigenvalue weighted by molar-refractivity contribution is 5.97. The number of aromatic nitrogens is 2. The van der Waals surface area contributed by atoms with Crippen LogP contribution < -0.4 is 5.32 Å². The van der Waals surface area contributed by atoms with Crippen molar-refractivity contribution >= 4 is 40.6 Å². The van der Waals surface area contributed by atoms with E-state index in [0.717, 1.165) is 12.1 Å². The Morgan fingerprint density at radius 3 is 2.50 bits per heavy atom. The van der Waals surface area contributed by atoms with E-state index in [-0.39, 0.29) is 23.4 Å². The van der Waals surface area contributed by atoms with Gasteiger partial charge in [0, 0.05) is 37.4 Å². The number of amides is 2. The van der Waals surface area contributed by atoms with Gasteiger partial charge in [-0.2, -0.15) is 5.10 Å². The van der Waals surface area contributed by atoms with Crippen LogP contribution >= 0.6 is 0 Å². The lowest BCUT2D eigenvalue weighted by Crippen LogP contribution is -2.40. The quantitative estimate of drug-likeness (QED) is 0.631. The van der Waals surface area contributed by atoms with Gasteiger partial charge in [0.2, 0.25) is 11.8 Å². The van der Waals surface area contributed by atoms with Gasteiger partial charge in [-0.05, 0) is 42.7 Å². The average molecular weight is 442 g/mol. The van der Waals surface area contributed by atoms with Crippen molar-refractivity contribution in [1.29, 1.82) is 0 Å². The van der Waals surface area contributed by atoms with Crippen LogP contribution in [0.3, 0.4) is 0 Å². The minimum absolute atomic E-state index is 0.0238. The number of hydrogen-bond donors (Lipinski definition) is 2. The molecule has 9 heteroatoms. The fourth-order valence-electron chi connectivity index (χ4n) is 3.76. The highest BCUT2D eigenvalue weighted by Crippen LogP contribution is 2.27. The maximum atomic E-state index is 14.5. The number of H-pyrrole nitrogens is 1. The number of halogens is 3. The second-order valence-corrected chi connectivity index (χ2v) is 7.76. The van der Waals surface area contributed by atoms with Crippen LogP contribution in [-0.2, 0) is 9.59 Å². The Bertz CT molecular complexity index is 1210. The first-order chi connectivity index (χ1) is 15.3. The molecule has 1 aromatic heterocycles. The summed E-state index contributed by atoms with van der Waals surface area (Å²) in [5.41, 5.74) is 1.35. The van der Waals surface area contributed by atoms with Crippen LogP contribution in [-0.4, -0.2) is 40.0 Å². The van der Waals surface area contributed by atoms with Crippen molar-refractivity contribution < 1.29 is 22.8 Å². The Balaban J connectivity index is 1.52. The number of aromatic amines is 1. The average Bonchev–Trinajstić information content (AvgIpc) is 3.16. The maximum absolute atomic E-state index is 14.5. The normalized spacial score (nSPS) is 14.9. The van der Waals surface area contributed by atoms with Gasteiger partial charge < -0.3 is 10.2 Å². The van der Waals surface area contributed by atoms with Crippen molar-refractivity contribution in [1.82, 2.24) is 15.1 Å². The largest absolute Gasteiger partial charge is 0.343 e. The molecule has 1 aliphatic heterocycles. The first-order valence-corrected chi connectivity index (χ1v) is 10.2. The summed E-state index contributed by atoms with van der Waals surface area (Å²) in [4.78, 5) is 25.8. The van der Waals surface area contributed by atoms with E-state index < -0.39 is 17.5 Å². The van der Waals surface area contributed by atoms with Gasteiger partial charge >= 0.3 is 0 Å². The molecule has 6 nitrogen and oxygen atoms in total. The van der Waals surface area contributed by atoms with Gasteiger partial charge in [0.25, 0.3) is 0 Å². The zero-order valence-electron chi connectivity index (χ0n) is 17.3. The Hall–Kier alpha value is -3.62. The van der Waals surface area contributed by atoms with E-state index in [4.69, 9.17) is 0 Å². The minimum atomic E-state index is -0.958. The molecule has 2 heterocycles. The molecule has 2 amide bonds. The molecule has 1 aliphatic rings. The molecular formula is C23H21F3N4O2. The summed E-state index contributed by atoms with van der Waals surface area (Å²) < 4.78 is 41.0. The number of hydrogen-bond acceptors (Lipinski definition) is 3. The Morgan fingerprint density at radius 2 is 1.81 bits per heavy atom. The number of anilines is 1. The van der Waals surface area contributed by atoms with Crippen molar-refractivity contribution in [2.75, 3.05) is 18.4 Å². The molecule has 1 saturated heterocycles. The van der Waals surface area contributed by atoms with Crippen LogP contribution in [0.1, 0.15) is 31.0 Å². The van der Waals surface area contributed by atoms with Gasteiger partial charge in [0.1, 0.15) is 5.82 Å². The number of fused-ring (bicyclic) bond motifs is 1. The number of nitrogens with one attached hydrogen (secondary N) is 2. The molecule has 0 radical (unpaired) electrons. The van der Waals surface area contributed by atoms with Crippen molar-refractivity contribution in [2.24, 2.45) is 5.92 Å². The SMILES string of the molecule is CC(=O)N1CCC(C(=O)Nc2cc3c(C=Cc4ccc(F)c(F)c4)n[nH]c3cc2F)CC1. The summed E-state index contributed by atoms with van der Waals surface area (Å²) in [7, 11) is 0. The monoisotopic (exact) mass is 442 g/mol. The summed E-state index contributed by atoms with van der Waals surface area (Å²) in [5.74, 6) is -3.13. The first-order valence-electron chi connectivity index (χ1n) is 10.2. The van der Waals surface area contributed by atoms with Crippen molar-refractivity contribution in [3.05, 3.63) is 59.0 Å². The van der Waals surface area contributed by atoms with Gasteiger partial charge in [-0.1, -0.05) is 12.1 Å². The molecule has 2 aromatic carbocycles. The van der Waals surface area contributed by atoms with Gasteiger partial charge in [0.05, 0.1) is 16.9 Å². The molecule has 0 atom stereocenters. The van der Waals surface area contributed by atoms with Gasteiger partial charge in [-0.15, -0.1) is 0 Å². The van der Waals surface area contributed by atoms with E-state index in [0.29, 0.717) is 48.1 Å². The molecule has 0 unspecified atom stereocenters. The minimum Gasteiger partial charge on any atom is -0.343 e. The highest BCUT2D eigenvalue weighted by Gasteiger charge is 2.26. The molecule has 0 spiro atoms. The van der Waals surface area contributed by atoms with E-state index in [9.17, 15) is 22.8 Å². The van der Waals surface area contributed by atoms with Gasteiger partial charge in [-0.25, -0.2) is 13.2 Å². The third-order valence-corrected chi connectivity index (χ3v) is 5.63. The lowest BCUT2D eigenvalue weighted by molar-refractivity contribution is -0.132. The molecule has 32 heavy (non-hydrogen) atoms. The van der Waals surface area contributed by atoms with Crippen LogP contribution in [0.2, 0.25) is 0 Å². The summed E-state index contributed by atoms with van der Waals surface area (Å²) >= 11 is 0. The predicted octanol–water partition coefficient (Wildman–Crippen LogP) is 4.35. The van der Waals surface area contributed by atoms with Crippen LogP contribution in [0.15, 0.2) is 30.3 Å². The lowest BCUT2D eigenvalue weighted by atomic mass is 9.95. The second kappa shape index (κ2) is 8.86. The summed E-state index contributed by atoms with van der Waals surface area (Å²) in [5, 5.41) is 10.1. The predicted molar refractivity (Wildman–Crippen MR) is 115 cm³/mol. The van der Waals surface area contributed by atoms with Crippen LogP contribution in [0.4, 0.5) is 18.9 Å². The molecule has 4 rings (SSSR count). The number of likely N-dealkylation sites (tertiary alicyclic amines) is 1. The lowest BCUT2D eigenvalue weighted by Gasteiger charge is -2.30. The smallest absolute Gasteiger partial charge is 0.227 e. The third-order valence-electron chi connectivity index (χ3n) is 5.63. The van der Waals surface area contributed by atoms with E-state index in [2.05, 4.69) is 15.5 Å². The number of rotatable bonds is 4. The molecule has 0 saturated carbocycles. The number of carbonyl (C=O) groups excluding carboxylic acids is 2. The van der Waals surface area contributed by atoms with Crippen LogP contribution in [0.25, 0.3) is 23.1 Å². The third kappa shape index (κ3) is 4.51.